The zero-order chi connectivity index (χ0) is 21.0. The number of benzene rings is 2. The van der Waals surface area contributed by atoms with E-state index in [1.54, 1.807) is 0 Å². The topological polar surface area (TPSA) is 69.7 Å². The van der Waals surface area contributed by atoms with Gasteiger partial charge in [0, 0.05) is 27.2 Å². The maximum Gasteiger partial charge on any atom is 0.281 e. The van der Waals surface area contributed by atoms with Crippen LogP contribution >= 0.6 is 0 Å². The van der Waals surface area contributed by atoms with Crippen molar-refractivity contribution in [3.8, 4) is 0 Å². The van der Waals surface area contributed by atoms with Crippen LogP contribution in [0.15, 0.2) is 54.6 Å². The van der Waals surface area contributed by atoms with Crippen LogP contribution in [0.5, 0.6) is 0 Å². The van der Waals surface area contributed by atoms with Crippen LogP contribution in [0.1, 0.15) is 35.6 Å². The number of carbonyl (C=O) groups excluding carboxylic acids is 1. The van der Waals surface area contributed by atoms with Crippen molar-refractivity contribution < 1.29 is 13.2 Å². The molecule has 0 unspecified atom stereocenters. The van der Waals surface area contributed by atoms with Crippen LogP contribution in [0.2, 0.25) is 0 Å². The first-order chi connectivity index (χ1) is 13.8. The summed E-state index contributed by atoms with van der Waals surface area (Å²) in [5, 5.41) is 3.17. The fourth-order valence-electron chi connectivity index (χ4n) is 3.62. The predicted molar refractivity (Wildman–Crippen MR) is 115 cm³/mol. The average Bonchev–Trinajstić information content (AvgIpc) is 2.73. The molecule has 7 heteroatoms. The Bertz CT molecular complexity index is 928. The van der Waals surface area contributed by atoms with E-state index in [2.05, 4.69) is 5.32 Å². The van der Waals surface area contributed by atoms with Crippen LogP contribution in [-0.4, -0.2) is 50.1 Å². The average molecular weight is 416 g/mol. The number of piperidine rings is 1. The molecule has 2 aromatic rings. The highest BCUT2D eigenvalue weighted by Crippen LogP contribution is 2.25. The molecule has 0 aromatic heterocycles. The SMILES string of the molecule is Cc1ccc([C@H](NC(=O)[C@@H]2CCCN(S(=O)(=O)N(C)C)C2)c2ccccc2)cc1. The maximum absolute atomic E-state index is 13.1. The lowest BCUT2D eigenvalue weighted by Crippen LogP contribution is -2.49. The molecule has 156 valence electrons. The lowest BCUT2D eigenvalue weighted by molar-refractivity contribution is -0.126. The summed E-state index contributed by atoms with van der Waals surface area (Å²) in [5.41, 5.74) is 3.16. The largest absolute Gasteiger partial charge is 0.345 e. The second-order valence-electron chi connectivity index (χ2n) is 7.75. The van der Waals surface area contributed by atoms with E-state index in [-0.39, 0.29) is 24.4 Å². The molecule has 0 bridgehead atoms. The lowest BCUT2D eigenvalue weighted by atomic mass is 9.94. The summed E-state index contributed by atoms with van der Waals surface area (Å²) >= 11 is 0. The van der Waals surface area contributed by atoms with Gasteiger partial charge in [0.15, 0.2) is 0 Å². The van der Waals surface area contributed by atoms with Gasteiger partial charge in [0.05, 0.1) is 12.0 Å². The van der Waals surface area contributed by atoms with E-state index in [0.29, 0.717) is 19.4 Å². The summed E-state index contributed by atoms with van der Waals surface area (Å²) in [7, 11) is -0.486. The summed E-state index contributed by atoms with van der Waals surface area (Å²) in [6, 6.07) is 17.7. The Balaban J connectivity index is 1.80. The minimum Gasteiger partial charge on any atom is -0.345 e. The molecule has 29 heavy (non-hydrogen) atoms. The molecule has 1 fully saturated rings. The molecule has 2 aromatic carbocycles. The summed E-state index contributed by atoms with van der Waals surface area (Å²) in [6.45, 7) is 2.69. The molecule has 1 aliphatic rings. The van der Waals surface area contributed by atoms with Crippen LogP contribution in [0.25, 0.3) is 0 Å². The number of hydrogen-bond acceptors (Lipinski definition) is 3. The third-order valence-corrected chi connectivity index (χ3v) is 7.28. The van der Waals surface area contributed by atoms with Gasteiger partial charge in [-0.2, -0.15) is 17.0 Å². The van der Waals surface area contributed by atoms with Crippen molar-refractivity contribution in [3.63, 3.8) is 0 Å². The van der Waals surface area contributed by atoms with Crippen molar-refractivity contribution in [3.05, 3.63) is 71.3 Å². The second kappa shape index (κ2) is 9.07. The summed E-state index contributed by atoms with van der Waals surface area (Å²) in [4.78, 5) is 13.1. The molecule has 3 rings (SSSR count). The van der Waals surface area contributed by atoms with Gasteiger partial charge in [-0.05, 0) is 30.9 Å². The lowest BCUT2D eigenvalue weighted by Gasteiger charge is -2.33. The van der Waals surface area contributed by atoms with E-state index >= 15 is 0 Å². The first kappa shape index (κ1) is 21.5. The van der Waals surface area contributed by atoms with Crippen LogP contribution in [0, 0.1) is 12.8 Å². The predicted octanol–water partition coefficient (Wildman–Crippen LogP) is 2.72. The molecule has 1 N–H and O–H groups in total. The molecule has 0 radical (unpaired) electrons. The fourth-order valence-corrected chi connectivity index (χ4v) is 4.81. The van der Waals surface area contributed by atoms with Crippen molar-refractivity contribution >= 4 is 16.1 Å². The number of nitrogens with one attached hydrogen (secondary N) is 1. The fraction of sp³-hybridized carbons (Fsp3) is 0.409. The Kier molecular flexibility index (Phi) is 6.72. The smallest absolute Gasteiger partial charge is 0.281 e. The highest BCUT2D eigenvalue weighted by molar-refractivity contribution is 7.86. The molecule has 0 aliphatic carbocycles. The Hall–Kier alpha value is -2.22. The highest BCUT2D eigenvalue weighted by atomic mass is 32.2. The third-order valence-electron chi connectivity index (χ3n) is 5.37. The van der Waals surface area contributed by atoms with Gasteiger partial charge in [-0.3, -0.25) is 4.79 Å². The van der Waals surface area contributed by atoms with Gasteiger partial charge in [0.2, 0.25) is 5.91 Å². The zero-order valence-corrected chi connectivity index (χ0v) is 18.0. The van der Waals surface area contributed by atoms with E-state index in [4.69, 9.17) is 0 Å². The van der Waals surface area contributed by atoms with Crippen molar-refractivity contribution in [2.24, 2.45) is 5.92 Å². The van der Waals surface area contributed by atoms with Crippen LogP contribution in [0.3, 0.4) is 0 Å². The van der Waals surface area contributed by atoms with E-state index in [0.717, 1.165) is 16.7 Å². The molecule has 1 amide bonds. The van der Waals surface area contributed by atoms with Gasteiger partial charge < -0.3 is 5.32 Å². The number of rotatable bonds is 6. The Morgan fingerprint density at radius 1 is 1.07 bits per heavy atom. The number of amides is 1. The minimum absolute atomic E-state index is 0.113. The van der Waals surface area contributed by atoms with Gasteiger partial charge in [0.25, 0.3) is 10.2 Å². The maximum atomic E-state index is 13.1. The number of aryl methyl sites for hydroxylation is 1. The third kappa shape index (κ3) is 5.04. The van der Waals surface area contributed by atoms with E-state index in [1.807, 2.05) is 61.5 Å². The molecular weight excluding hydrogens is 386 g/mol. The number of carbonyl (C=O) groups is 1. The highest BCUT2D eigenvalue weighted by Gasteiger charge is 2.34. The van der Waals surface area contributed by atoms with Crippen molar-refractivity contribution in [2.75, 3.05) is 27.2 Å². The van der Waals surface area contributed by atoms with Crippen LogP contribution < -0.4 is 5.32 Å². The van der Waals surface area contributed by atoms with Crippen molar-refractivity contribution in [1.82, 2.24) is 13.9 Å². The monoisotopic (exact) mass is 415 g/mol. The van der Waals surface area contributed by atoms with Crippen molar-refractivity contribution in [1.29, 1.82) is 0 Å². The normalized spacial score (nSPS) is 19.1. The number of hydrogen-bond donors (Lipinski definition) is 1. The summed E-state index contributed by atoms with van der Waals surface area (Å²) in [5.74, 6) is -0.479. The molecule has 1 heterocycles. The Morgan fingerprint density at radius 2 is 1.69 bits per heavy atom. The Labute approximate surface area is 173 Å². The molecule has 1 saturated heterocycles. The quantitative estimate of drug-likeness (QED) is 0.789. The van der Waals surface area contributed by atoms with Crippen molar-refractivity contribution in [2.45, 2.75) is 25.8 Å². The van der Waals surface area contributed by atoms with Gasteiger partial charge in [-0.15, -0.1) is 0 Å². The minimum atomic E-state index is -3.52. The molecule has 2 atom stereocenters. The molecule has 0 spiro atoms. The first-order valence-corrected chi connectivity index (χ1v) is 11.3. The van der Waals surface area contributed by atoms with Crippen LogP contribution in [0.4, 0.5) is 0 Å². The second-order valence-corrected chi connectivity index (χ2v) is 9.89. The van der Waals surface area contributed by atoms with E-state index in [9.17, 15) is 13.2 Å². The molecule has 6 nitrogen and oxygen atoms in total. The van der Waals surface area contributed by atoms with Gasteiger partial charge in [-0.25, -0.2) is 0 Å². The summed E-state index contributed by atoms with van der Waals surface area (Å²) < 4.78 is 27.5. The molecule has 1 aliphatic heterocycles. The Morgan fingerprint density at radius 3 is 2.31 bits per heavy atom. The van der Waals surface area contributed by atoms with Gasteiger partial charge in [-0.1, -0.05) is 60.2 Å². The van der Waals surface area contributed by atoms with E-state index < -0.39 is 10.2 Å². The van der Waals surface area contributed by atoms with E-state index in [1.165, 1.54) is 22.7 Å². The number of nitrogens with zero attached hydrogens (tertiary/aromatic N) is 2. The molecule has 0 saturated carbocycles. The van der Waals surface area contributed by atoms with Crippen LogP contribution in [-0.2, 0) is 15.0 Å². The summed E-state index contributed by atoms with van der Waals surface area (Å²) in [6.07, 6.45) is 1.35. The first-order valence-electron chi connectivity index (χ1n) is 9.88. The zero-order valence-electron chi connectivity index (χ0n) is 17.2. The molecular formula is C22H29N3O3S. The van der Waals surface area contributed by atoms with Gasteiger partial charge in [0.1, 0.15) is 0 Å². The standard InChI is InChI=1S/C22H29N3O3S/c1-17-11-13-19(14-12-17)21(18-8-5-4-6-9-18)23-22(26)20-10-7-15-25(16-20)29(27,28)24(2)3/h4-6,8-9,11-14,20-21H,7,10,15-16H2,1-3H3,(H,23,26)/t20-,21-/m1/s1. The van der Waals surface area contributed by atoms with Gasteiger partial charge >= 0.3 is 0 Å².